The molecule has 1 aromatic heterocycles. The molecule has 0 radical (unpaired) electrons. The maximum atomic E-state index is 12.8. The van der Waals surface area contributed by atoms with E-state index >= 15 is 0 Å². The molecule has 2 amide bonds. The van der Waals surface area contributed by atoms with Crippen LogP contribution in [0.2, 0.25) is 0 Å². The Morgan fingerprint density at radius 3 is 2.67 bits per heavy atom. The summed E-state index contributed by atoms with van der Waals surface area (Å²) in [5, 5.41) is 14.4. The fourth-order valence-electron chi connectivity index (χ4n) is 3.74. The quantitative estimate of drug-likeness (QED) is 0.154. The number of nitro groups is 1. The first-order valence-electron chi connectivity index (χ1n) is 9.85. The molecule has 4 rings (SSSR count). The lowest BCUT2D eigenvalue weighted by molar-refractivity contribution is -0.384. The smallest absolute Gasteiger partial charge is 0.333 e. The first-order valence-corrected chi connectivity index (χ1v) is 12.1. The van der Waals surface area contributed by atoms with Gasteiger partial charge in [0.05, 0.1) is 11.3 Å². The highest BCUT2D eigenvalue weighted by Gasteiger charge is 2.63. The number of nitrogens with zero attached hydrogens (tertiary/aromatic N) is 2. The Labute approximate surface area is 195 Å². The number of β-lactam (4-membered cyclic amide) rings is 1. The number of esters is 1. The molecule has 4 atom stereocenters. The fourth-order valence-corrected chi connectivity index (χ4v) is 6.10. The van der Waals surface area contributed by atoms with Crippen LogP contribution in [0.1, 0.15) is 10.4 Å². The molecular formula is C21H19N3O7S2. The van der Waals surface area contributed by atoms with Crippen LogP contribution in [0.25, 0.3) is 0 Å². The summed E-state index contributed by atoms with van der Waals surface area (Å²) >= 11 is -0.111. The molecule has 1 aromatic carbocycles. The van der Waals surface area contributed by atoms with E-state index in [9.17, 15) is 29.1 Å². The van der Waals surface area contributed by atoms with Crippen LogP contribution in [-0.2, 0) is 43.3 Å². The second kappa shape index (κ2) is 9.33. The zero-order valence-electron chi connectivity index (χ0n) is 17.2. The Morgan fingerprint density at radius 1 is 1.30 bits per heavy atom. The van der Waals surface area contributed by atoms with Crippen LogP contribution < -0.4 is 5.32 Å². The number of benzene rings is 1. The number of non-ortho nitro benzene ring substituents is 1. The topological polar surface area (TPSA) is 142 Å². The minimum absolute atomic E-state index is 0.00302. The molecule has 12 heteroatoms. The number of amides is 2. The van der Waals surface area contributed by atoms with Gasteiger partial charge < -0.3 is 14.6 Å². The van der Waals surface area contributed by atoms with Crippen molar-refractivity contribution in [1.82, 2.24) is 10.2 Å². The Hall–Kier alpha value is -3.22. The van der Waals surface area contributed by atoms with E-state index in [0.717, 1.165) is 9.78 Å². The van der Waals surface area contributed by atoms with Crippen LogP contribution in [0.4, 0.5) is 5.69 Å². The number of carbonyl (C=O) groups is 3. The van der Waals surface area contributed by atoms with Crippen LogP contribution in [0, 0.1) is 10.1 Å². The number of hydrogen-bond acceptors (Lipinski definition) is 8. The van der Waals surface area contributed by atoms with Gasteiger partial charge in [0.2, 0.25) is 11.3 Å². The average Bonchev–Trinajstić information content (AvgIpc) is 3.28. The van der Waals surface area contributed by atoms with Gasteiger partial charge >= 0.3 is 5.97 Å². The van der Waals surface area contributed by atoms with Crippen LogP contribution in [0.15, 0.2) is 53.9 Å². The first kappa shape index (κ1) is 23.0. The molecule has 3 heterocycles. The zero-order valence-corrected chi connectivity index (χ0v) is 18.8. The van der Waals surface area contributed by atoms with E-state index in [0.29, 0.717) is 5.56 Å². The van der Waals surface area contributed by atoms with Gasteiger partial charge in [0.25, 0.3) is 11.6 Å². The molecule has 33 heavy (non-hydrogen) atoms. The molecule has 2 fully saturated rings. The van der Waals surface area contributed by atoms with E-state index in [-0.39, 0.29) is 35.9 Å². The van der Waals surface area contributed by atoms with Crippen molar-refractivity contribution in [3.05, 3.63) is 74.5 Å². The second-order valence-electron chi connectivity index (χ2n) is 7.55. The van der Waals surface area contributed by atoms with Gasteiger partial charge in [0.1, 0.15) is 12.4 Å². The standard InChI is InChI=1S/C21H19N3O7S2/c1-12-11-33(30)20-17(22-16(25)9-15-3-2-8-32-15)19(26)23(20)18(12)21(27)31-10-13-4-6-14(7-5-13)24(28)29/h2-8,17-18,20H,1,9-11H2,(H,22,25)/t17?,18?,20-,33?/m1/s1. The van der Waals surface area contributed by atoms with Gasteiger partial charge in [0.15, 0.2) is 12.1 Å². The van der Waals surface area contributed by atoms with Crippen molar-refractivity contribution in [3.63, 3.8) is 0 Å². The van der Waals surface area contributed by atoms with Crippen LogP contribution in [0.5, 0.6) is 0 Å². The number of nitro benzene ring substituents is 1. The lowest BCUT2D eigenvalue weighted by Crippen LogP contribution is -2.78. The minimum atomic E-state index is -1.53. The molecule has 0 aliphatic carbocycles. The SMILES string of the molecule is C=C1C[S+]([O-])[C@@H]2C(NC(=O)Cc3cccs3)C(=O)N2C1C(=O)OCc1ccc([N+](=O)[O-])cc1. The number of fused-ring (bicyclic) bond motifs is 1. The predicted molar refractivity (Wildman–Crippen MR) is 119 cm³/mol. The largest absolute Gasteiger partial charge is 0.614 e. The third kappa shape index (κ3) is 4.63. The maximum absolute atomic E-state index is 12.8. The molecule has 0 spiro atoms. The molecule has 2 aromatic rings. The van der Waals surface area contributed by atoms with Crippen LogP contribution in [0.3, 0.4) is 0 Å². The lowest BCUT2D eigenvalue weighted by atomic mass is 9.98. The Morgan fingerprint density at radius 2 is 2.03 bits per heavy atom. The van der Waals surface area contributed by atoms with E-state index in [2.05, 4.69) is 11.9 Å². The van der Waals surface area contributed by atoms with Gasteiger partial charge in [0, 0.05) is 22.6 Å². The molecule has 0 saturated carbocycles. The Bertz CT molecular complexity index is 1100. The summed E-state index contributed by atoms with van der Waals surface area (Å²) in [6, 6.07) is 7.06. The van der Waals surface area contributed by atoms with Crippen LogP contribution >= 0.6 is 11.3 Å². The van der Waals surface area contributed by atoms with Crippen molar-refractivity contribution in [2.45, 2.75) is 30.5 Å². The van der Waals surface area contributed by atoms with E-state index in [1.165, 1.54) is 35.6 Å². The van der Waals surface area contributed by atoms with Gasteiger partial charge in [-0.25, -0.2) is 4.79 Å². The van der Waals surface area contributed by atoms with Gasteiger partial charge in [-0.05, 0) is 40.3 Å². The maximum Gasteiger partial charge on any atom is 0.333 e. The summed E-state index contributed by atoms with van der Waals surface area (Å²) in [7, 11) is 0. The summed E-state index contributed by atoms with van der Waals surface area (Å²) in [5.41, 5.74) is 0.730. The number of thiophene rings is 1. The Kier molecular flexibility index (Phi) is 6.49. The number of rotatable bonds is 7. The molecule has 172 valence electrons. The third-order valence-electron chi connectivity index (χ3n) is 5.32. The fraction of sp³-hybridized carbons (Fsp3) is 0.286. The summed E-state index contributed by atoms with van der Waals surface area (Å²) in [6.07, 6.45) is 0.105. The van der Waals surface area contributed by atoms with Crippen molar-refractivity contribution in [3.8, 4) is 0 Å². The number of carbonyl (C=O) groups excluding carboxylic acids is 3. The second-order valence-corrected chi connectivity index (χ2v) is 10.1. The molecule has 2 aliphatic rings. The highest BCUT2D eigenvalue weighted by molar-refractivity contribution is 7.92. The minimum Gasteiger partial charge on any atom is -0.614 e. The van der Waals surface area contributed by atoms with Crippen molar-refractivity contribution in [2.24, 2.45) is 0 Å². The Balaban J connectivity index is 1.40. The van der Waals surface area contributed by atoms with E-state index in [1.807, 2.05) is 11.4 Å². The predicted octanol–water partition coefficient (Wildman–Crippen LogP) is 1.28. The molecule has 3 unspecified atom stereocenters. The van der Waals surface area contributed by atoms with Crippen molar-refractivity contribution in [2.75, 3.05) is 5.75 Å². The van der Waals surface area contributed by atoms with Crippen LogP contribution in [-0.4, -0.2) is 55.4 Å². The summed E-state index contributed by atoms with van der Waals surface area (Å²) in [5.74, 6) is -1.62. The molecule has 1 N–H and O–H groups in total. The monoisotopic (exact) mass is 489 g/mol. The molecular weight excluding hydrogens is 470 g/mol. The van der Waals surface area contributed by atoms with E-state index < -0.39 is 45.4 Å². The van der Waals surface area contributed by atoms with Gasteiger partial charge in [-0.3, -0.25) is 24.6 Å². The van der Waals surface area contributed by atoms with Gasteiger partial charge in [-0.1, -0.05) is 12.6 Å². The molecule has 10 nitrogen and oxygen atoms in total. The van der Waals surface area contributed by atoms with Crippen molar-refractivity contribution < 1.29 is 28.6 Å². The number of nitrogens with one attached hydrogen (secondary N) is 1. The lowest BCUT2D eigenvalue weighted by Gasteiger charge is -2.52. The summed E-state index contributed by atoms with van der Waals surface area (Å²) in [6.45, 7) is 3.64. The zero-order chi connectivity index (χ0) is 23.7. The average molecular weight is 490 g/mol. The van der Waals surface area contributed by atoms with Gasteiger partial charge in [-0.2, -0.15) is 0 Å². The molecule has 0 bridgehead atoms. The summed E-state index contributed by atoms with van der Waals surface area (Å²) in [4.78, 5) is 50.1. The van der Waals surface area contributed by atoms with Gasteiger partial charge in [-0.15, -0.1) is 11.3 Å². The van der Waals surface area contributed by atoms with Crippen molar-refractivity contribution >= 4 is 46.0 Å². The number of ether oxygens (including phenoxy) is 1. The highest BCUT2D eigenvalue weighted by Crippen LogP contribution is 2.36. The molecule has 2 saturated heterocycles. The summed E-state index contributed by atoms with van der Waals surface area (Å²) < 4.78 is 18.0. The third-order valence-corrected chi connectivity index (χ3v) is 7.89. The van der Waals surface area contributed by atoms with Crippen molar-refractivity contribution in [1.29, 1.82) is 0 Å². The van der Waals surface area contributed by atoms with E-state index in [4.69, 9.17) is 4.74 Å². The molecule has 2 aliphatic heterocycles. The van der Waals surface area contributed by atoms with E-state index in [1.54, 1.807) is 6.07 Å². The first-order chi connectivity index (χ1) is 15.8. The normalized spacial score (nSPS) is 24.0. The highest BCUT2D eigenvalue weighted by atomic mass is 32.2. The number of hydrogen-bond donors (Lipinski definition) is 1.